The van der Waals surface area contributed by atoms with Crippen LogP contribution >= 0.6 is 0 Å². The van der Waals surface area contributed by atoms with Crippen molar-refractivity contribution in [2.45, 2.75) is 137 Å². The van der Waals surface area contributed by atoms with Crippen LogP contribution < -0.4 is 0 Å². The van der Waals surface area contributed by atoms with Crippen molar-refractivity contribution in [3.8, 4) is 0 Å². The summed E-state index contributed by atoms with van der Waals surface area (Å²) in [5.41, 5.74) is 1.23. The molecule has 0 amide bonds. The molecule has 0 saturated heterocycles. The number of rotatable bonds is 5. The molecule has 4 rings (SSSR count). The van der Waals surface area contributed by atoms with E-state index in [-0.39, 0.29) is 0 Å². The maximum Gasteiger partial charge on any atom is -0.0261 e. The molecule has 4 aliphatic carbocycles. The zero-order valence-corrected chi connectivity index (χ0v) is 20.5. The van der Waals surface area contributed by atoms with Crippen LogP contribution in [0.1, 0.15) is 137 Å². The average molecular weight is 401 g/mol. The van der Waals surface area contributed by atoms with Gasteiger partial charge in [0.05, 0.1) is 0 Å². The van der Waals surface area contributed by atoms with Gasteiger partial charge in [0.15, 0.2) is 0 Å². The van der Waals surface area contributed by atoms with Crippen LogP contribution in [0.25, 0.3) is 0 Å². The van der Waals surface area contributed by atoms with Gasteiger partial charge in [-0.15, -0.1) is 0 Å². The van der Waals surface area contributed by atoms with Crippen molar-refractivity contribution < 1.29 is 0 Å². The van der Waals surface area contributed by atoms with Crippen LogP contribution in [0.3, 0.4) is 0 Å². The lowest BCUT2D eigenvalue weighted by Gasteiger charge is -2.59. The third-order valence-corrected chi connectivity index (χ3v) is 11.0. The minimum atomic E-state index is 0.606. The van der Waals surface area contributed by atoms with E-state index in [9.17, 15) is 0 Å². The third kappa shape index (κ3) is 4.62. The molecule has 4 fully saturated rings. The van der Waals surface area contributed by atoms with Crippen LogP contribution in [-0.4, -0.2) is 0 Å². The molecule has 7 atom stereocenters. The summed E-state index contributed by atoms with van der Waals surface area (Å²) in [5, 5.41) is 0. The van der Waals surface area contributed by atoms with E-state index in [1.807, 2.05) is 0 Å². The van der Waals surface area contributed by atoms with Crippen molar-refractivity contribution in [2.24, 2.45) is 46.3 Å². The van der Waals surface area contributed by atoms with Gasteiger partial charge in [-0.25, -0.2) is 0 Å². The zero-order valence-electron chi connectivity index (χ0n) is 20.5. The van der Waals surface area contributed by atoms with Crippen molar-refractivity contribution in [3.63, 3.8) is 0 Å². The predicted octanol–water partition coefficient (Wildman–Crippen LogP) is 9.42. The Morgan fingerprint density at radius 3 is 2.17 bits per heavy atom. The molecule has 0 spiro atoms. The monoisotopic (exact) mass is 400 g/mol. The van der Waals surface area contributed by atoms with E-state index >= 15 is 0 Å². The fourth-order valence-corrected chi connectivity index (χ4v) is 9.57. The van der Waals surface area contributed by atoms with E-state index in [2.05, 4.69) is 27.7 Å². The highest BCUT2D eigenvalue weighted by atomic mass is 14.6. The molecule has 0 heteroatoms. The van der Waals surface area contributed by atoms with E-state index < -0.39 is 0 Å². The first-order valence-electron chi connectivity index (χ1n) is 13.9. The fourth-order valence-electron chi connectivity index (χ4n) is 9.57. The average Bonchev–Trinajstić information content (AvgIpc) is 2.72. The van der Waals surface area contributed by atoms with Crippen LogP contribution in [0.2, 0.25) is 0 Å². The Bertz CT molecular complexity index is 514. The minimum absolute atomic E-state index is 0.606. The van der Waals surface area contributed by atoms with Gasteiger partial charge < -0.3 is 0 Å². The first-order chi connectivity index (χ1) is 13.9. The number of fused-ring (bicyclic) bond motifs is 1. The zero-order chi connectivity index (χ0) is 20.5. The largest absolute Gasteiger partial charge is 0.0625 e. The molecule has 0 aromatic carbocycles. The van der Waals surface area contributed by atoms with Gasteiger partial charge in [0.1, 0.15) is 0 Å². The molecular formula is C29H52. The number of hydrogen-bond acceptors (Lipinski definition) is 0. The van der Waals surface area contributed by atoms with E-state index in [0.29, 0.717) is 10.8 Å². The van der Waals surface area contributed by atoms with Gasteiger partial charge in [0.25, 0.3) is 0 Å². The van der Waals surface area contributed by atoms with Crippen LogP contribution in [0, 0.1) is 46.3 Å². The standard InChI is InChI=1S/C29H52/c1-22-12-10-18-28(3,21-22)27(20-23(2)24-13-6-5-7-14-24)29(4)19-11-16-25-15-8-9-17-26(25)29/h22-27H,5-21H2,1-4H3. The smallest absolute Gasteiger partial charge is 0.0261 e. The summed E-state index contributed by atoms with van der Waals surface area (Å²) >= 11 is 0. The molecule has 168 valence electrons. The molecule has 7 unspecified atom stereocenters. The third-order valence-electron chi connectivity index (χ3n) is 11.0. The van der Waals surface area contributed by atoms with Crippen molar-refractivity contribution >= 4 is 0 Å². The molecule has 0 aliphatic heterocycles. The summed E-state index contributed by atoms with van der Waals surface area (Å²) < 4.78 is 0. The predicted molar refractivity (Wildman–Crippen MR) is 127 cm³/mol. The summed E-state index contributed by atoms with van der Waals surface area (Å²) in [5.74, 6) is 6.03. The molecule has 0 bridgehead atoms. The summed E-state index contributed by atoms with van der Waals surface area (Å²) in [6.45, 7) is 10.8. The van der Waals surface area contributed by atoms with Gasteiger partial charge in [-0.1, -0.05) is 105 Å². The minimum Gasteiger partial charge on any atom is -0.0625 e. The van der Waals surface area contributed by atoms with Crippen molar-refractivity contribution in [1.82, 2.24) is 0 Å². The molecular weight excluding hydrogens is 348 g/mol. The van der Waals surface area contributed by atoms with Gasteiger partial charge in [0.2, 0.25) is 0 Å². The molecule has 0 nitrogen and oxygen atoms in total. The van der Waals surface area contributed by atoms with Crippen LogP contribution in [0.5, 0.6) is 0 Å². The second kappa shape index (κ2) is 9.24. The Labute approximate surface area is 183 Å². The molecule has 0 radical (unpaired) electrons. The maximum atomic E-state index is 2.82. The summed E-state index contributed by atoms with van der Waals surface area (Å²) in [7, 11) is 0. The van der Waals surface area contributed by atoms with Gasteiger partial charge in [-0.3, -0.25) is 0 Å². The second-order valence-electron chi connectivity index (χ2n) is 13.1. The van der Waals surface area contributed by atoms with Crippen LogP contribution in [0.15, 0.2) is 0 Å². The summed E-state index contributed by atoms with van der Waals surface area (Å²) in [6.07, 6.45) is 25.9. The Balaban J connectivity index is 1.61. The van der Waals surface area contributed by atoms with E-state index in [1.165, 1.54) is 77.0 Å². The SMILES string of the molecule is CC1CCCC(C)(C(CC(C)C2CCCCC2)C2(C)CCCC3CCCCC32)C1. The van der Waals surface area contributed by atoms with Gasteiger partial charge in [-0.2, -0.15) is 0 Å². The van der Waals surface area contributed by atoms with Gasteiger partial charge in [0, 0.05) is 0 Å². The molecule has 4 saturated carbocycles. The first kappa shape index (κ1) is 22.2. The molecule has 29 heavy (non-hydrogen) atoms. The summed E-state index contributed by atoms with van der Waals surface area (Å²) in [4.78, 5) is 0. The Kier molecular flexibility index (Phi) is 7.07. The first-order valence-corrected chi connectivity index (χ1v) is 13.9. The highest BCUT2D eigenvalue weighted by molar-refractivity contribution is 5.03. The van der Waals surface area contributed by atoms with E-state index in [1.54, 1.807) is 32.1 Å². The maximum absolute atomic E-state index is 2.82. The second-order valence-corrected chi connectivity index (χ2v) is 13.1. The Morgan fingerprint density at radius 1 is 0.759 bits per heavy atom. The lowest BCUT2D eigenvalue weighted by Crippen LogP contribution is -2.51. The topological polar surface area (TPSA) is 0 Å². The van der Waals surface area contributed by atoms with Crippen molar-refractivity contribution in [3.05, 3.63) is 0 Å². The van der Waals surface area contributed by atoms with Gasteiger partial charge in [-0.05, 0) is 78.4 Å². The lowest BCUT2D eigenvalue weighted by atomic mass is 9.46. The highest BCUT2D eigenvalue weighted by Gasteiger charge is 2.53. The fraction of sp³-hybridized carbons (Fsp3) is 1.00. The number of hydrogen-bond donors (Lipinski definition) is 0. The molecule has 0 aromatic heterocycles. The molecule has 0 heterocycles. The summed E-state index contributed by atoms with van der Waals surface area (Å²) in [6, 6.07) is 0. The molecule has 4 aliphatic rings. The normalized spacial score (nSPS) is 44.1. The van der Waals surface area contributed by atoms with Crippen molar-refractivity contribution in [1.29, 1.82) is 0 Å². The van der Waals surface area contributed by atoms with E-state index in [0.717, 1.165) is 35.5 Å². The Hall–Kier alpha value is 0. The van der Waals surface area contributed by atoms with E-state index in [4.69, 9.17) is 0 Å². The van der Waals surface area contributed by atoms with Crippen LogP contribution in [-0.2, 0) is 0 Å². The highest BCUT2D eigenvalue weighted by Crippen LogP contribution is 2.62. The van der Waals surface area contributed by atoms with Crippen molar-refractivity contribution in [2.75, 3.05) is 0 Å². The lowest BCUT2D eigenvalue weighted by molar-refractivity contribution is -0.0974. The molecule has 0 aromatic rings. The Morgan fingerprint density at radius 2 is 1.41 bits per heavy atom. The molecule has 0 N–H and O–H groups in total. The quantitative estimate of drug-likeness (QED) is 0.431. The van der Waals surface area contributed by atoms with Gasteiger partial charge >= 0.3 is 0 Å². The van der Waals surface area contributed by atoms with Crippen LogP contribution in [0.4, 0.5) is 0 Å².